The highest BCUT2D eigenvalue weighted by atomic mass is 19.4. The lowest BCUT2D eigenvalue weighted by Crippen LogP contribution is -2.47. The van der Waals surface area contributed by atoms with Gasteiger partial charge in [0.2, 0.25) is 0 Å². The normalized spacial score (nSPS) is 12.2. The zero-order valence-electron chi connectivity index (χ0n) is 13.4. The SMILES string of the molecule is C[C@H](Oc1ccc(F)cc1)C(=O)NNC(=O)c1ccc(C(F)(F)F)cc1. The summed E-state index contributed by atoms with van der Waals surface area (Å²) in [4.78, 5) is 23.7. The number of alkyl halides is 3. The van der Waals surface area contributed by atoms with E-state index in [2.05, 4.69) is 10.9 Å². The van der Waals surface area contributed by atoms with Crippen molar-refractivity contribution in [2.45, 2.75) is 19.2 Å². The van der Waals surface area contributed by atoms with Gasteiger partial charge >= 0.3 is 6.18 Å². The van der Waals surface area contributed by atoms with Crippen LogP contribution in [0.1, 0.15) is 22.8 Å². The van der Waals surface area contributed by atoms with E-state index in [9.17, 15) is 27.2 Å². The Morgan fingerprint density at radius 2 is 1.54 bits per heavy atom. The fourth-order valence-corrected chi connectivity index (χ4v) is 1.87. The Hall–Kier alpha value is -3.10. The van der Waals surface area contributed by atoms with E-state index in [0.29, 0.717) is 0 Å². The van der Waals surface area contributed by atoms with E-state index in [1.165, 1.54) is 19.1 Å². The summed E-state index contributed by atoms with van der Waals surface area (Å²) in [6.07, 6.45) is -5.51. The van der Waals surface area contributed by atoms with Gasteiger partial charge in [-0.3, -0.25) is 20.4 Å². The van der Waals surface area contributed by atoms with Crippen LogP contribution in [0, 0.1) is 5.82 Å². The number of hydrazine groups is 1. The van der Waals surface area contributed by atoms with Gasteiger partial charge in [0.15, 0.2) is 6.10 Å². The summed E-state index contributed by atoms with van der Waals surface area (Å²) in [6.45, 7) is 1.41. The summed E-state index contributed by atoms with van der Waals surface area (Å²) in [7, 11) is 0. The Kier molecular flexibility index (Phi) is 5.81. The fraction of sp³-hybridized carbons (Fsp3) is 0.176. The first-order valence-electron chi connectivity index (χ1n) is 7.36. The number of nitrogens with one attached hydrogen (secondary N) is 2. The quantitative estimate of drug-likeness (QED) is 0.642. The van der Waals surface area contributed by atoms with Crippen LogP contribution in [0.15, 0.2) is 48.5 Å². The molecule has 2 rings (SSSR count). The summed E-state index contributed by atoms with van der Waals surface area (Å²) in [5.74, 6) is -1.70. The molecule has 0 spiro atoms. The molecular formula is C17H14F4N2O3. The first-order valence-corrected chi connectivity index (χ1v) is 7.36. The molecule has 0 aliphatic rings. The van der Waals surface area contributed by atoms with Gasteiger partial charge in [-0.05, 0) is 55.5 Å². The number of benzene rings is 2. The highest BCUT2D eigenvalue weighted by Crippen LogP contribution is 2.29. The zero-order valence-corrected chi connectivity index (χ0v) is 13.4. The molecule has 1 atom stereocenters. The molecule has 2 N–H and O–H groups in total. The van der Waals surface area contributed by atoms with Crippen LogP contribution >= 0.6 is 0 Å². The molecule has 9 heteroatoms. The Morgan fingerprint density at radius 1 is 0.962 bits per heavy atom. The molecule has 0 aromatic heterocycles. The number of amides is 2. The first-order chi connectivity index (χ1) is 12.2. The van der Waals surface area contributed by atoms with Gasteiger partial charge in [-0.25, -0.2) is 4.39 Å². The van der Waals surface area contributed by atoms with E-state index in [0.717, 1.165) is 36.4 Å². The summed E-state index contributed by atoms with van der Waals surface area (Å²) >= 11 is 0. The maximum Gasteiger partial charge on any atom is 0.416 e. The van der Waals surface area contributed by atoms with Crippen molar-refractivity contribution < 1.29 is 31.9 Å². The topological polar surface area (TPSA) is 67.4 Å². The number of rotatable bonds is 4. The Labute approximate surface area is 145 Å². The Balaban J connectivity index is 1.87. The molecule has 2 aromatic carbocycles. The van der Waals surface area contributed by atoms with Gasteiger partial charge < -0.3 is 4.74 Å². The summed E-state index contributed by atoms with van der Waals surface area (Å²) in [5, 5.41) is 0. The minimum Gasteiger partial charge on any atom is -0.481 e. The maximum absolute atomic E-state index is 12.8. The largest absolute Gasteiger partial charge is 0.481 e. The number of ether oxygens (including phenoxy) is 1. The van der Waals surface area contributed by atoms with Crippen molar-refractivity contribution >= 4 is 11.8 Å². The van der Waals surface area contributed by atoms with Crippen molar-refractivity contribution in [3.8, 4) is 5.75 Å². The van der Waals surface area contributed by atoms with Crippen molar-refractivity contribution in [2.24, 2.45) is 0 Å². The Morgan fingerprint density at radius 3 is 2.08 bits per heavy atom. The molecule has 0 bridgehead atoms. The van der Waals surface area contributed by atoms with Crippen LogP contribution in [0.2, 0.25) is 0 Å². The molecule has 26 heavy (non-hydrogen) atoms. The van der Waals surface area contributed by atoms with E-state index in [-0.39, 0.29) is 11.3 Å². The van der Waals surface area contributed by atoms with Crippen molar-refractivity contribution in [1.29, 1.82) is 0 Å². The van der Waals surface area contributed by atoms with Gasteiger partial charge in [-0.2, -0.15) is 13.2 Å². The fourth-order valence-electron chi connectivity index (χ4n) is 1.87. The molecule has 0 fully saturated rings. The third-order valence-electron chi connectivity index (χ3n) is 3.27. The lowest BCUT2D eigenvalue weighted by atomic mass is 10.1. The van der Waals surface area contributed by atoms with Crippen LogP contribution in [-0.2, 0) is 11.0 Å². The van der Waals surface area contributed by atoms with Crippen molar-refractivity contribution in [2.75, 3.05) is 0 Å². The second-order valence-corrected chi connectivity index (χ2v) is 5.23. The molecule has 5 nitrogen and oxygen atoms in total. The third kappa shape index (κ3) is 5.20. The smallest absolute Gasteiger partial charge is 0.416 e. The zero-order chi connectivity index (χ0) is 19.3. The molecule has 0 radical (unpaired) electrons. The number of hydrogen-bond donors (Lipinski definition) is 2. The average Bonchev–Trinajstić information content (AvgIpc) is 2.60. The number of hydrogen-bond acceptors (Lipinski definition) is 3. The van der Waals surface area contributed by atoms with Crippen LogP contribution < -0.4 is 15.6 Å². The molecule has 0 saturated heterocycles. The van der Waals surface area contributed by atoms with Gasteiger partial charge in [-0.1, -0.05) is 0 Å². The van der Waals surface area contributed by atoms with Gasteiger partial charge in [0, 0.05) is 5.56 Å². The van der Waals surface area contributed by atoms with E-state index in [1.807, 2.05) is 0 Å². The van der Waals surface area contributed by atoms with E-state index < -0.39 is 35.5 Å². The predicted octanol–water partition coefficient (Wildman–Crippen LogP) is 3.07. The van der Waals surface area contributed by atoms with Gasteiger partial charge in [-0.15, -0.1) is 0 Å². The molecule has 0 saturated carbocycles. The molecule has 0 unspecified atom stereocenters. The van der Waals surface area contributed by atoms with Crippen LogP contribution in [0.4, 0.5) is 17.6 Å². The second-order valence-electron chi connectivity index (χ2n) is 5.23. The van der Waals surface area contributed by atoms with Crippen LogP contribution in [-0.4, -0.2) is 17.9 Å². The molecule has 0 aliphatic carbocycles. The Bertz CT molecular complexity index is 774. The summed E-state index contributed by atoms with van der Waals surface area (Å²) < 4.78 is 55.5. The summed E-state index contributed by atoms with van der Waals surface area (Å²) in [5.41, 5.74) is 3.22. The lowest BCUT2D eigenvalue weighted by molar-refractivity contribution is -0.137. The van der Waals surface area contributed by atoms with Crippen LogP contribution in [0.3, 0.4) is 0 Å². The van der Waals surface area contributed by atoms with Crippen molar-refractivity contribution in [3.63, 3.8) is 0 Å². The molecule has 138 valence electrons. The average molecular weight is 370 g/mol. The van der Waals surface area contributed by atoms with Gasteiger partial charge in [0.25, 0.3) is 11.8 Å². The van der Waals surface area contributed by atoms with Crippen LogP contribution in [0.5, 0.6) is 5.75 Å². The minimum atomic E-state index is -4.50. The summed E-state index contributed by atoms with van der Waals surface area (Å²) in [6, 6.07) is 8.48. The molecule has 2 aromatic rings. The highest BCUT2D eigenvalue weighted by Gasteiger charge is 2.30. The lowest BCUT2D eigenvalue weighted by Gasteiger charge is -2.15. The minimum absolute atomic E-state index is 0.0644. The molecule has 0 heterocycles. The maximum atomic E-state index is 12.8. The van der Waals surface area contributed by atoms with E-state index in [4.69, 9.17) is 4.74 Å². The van der Waals surface area contributed by atoms with Crippen LogP contribution in [0.25, 0.3) is 0 Å². The third-order valence-corrected chi connectivity index (χ3v) is 3.27. The number of carbonyl (C=O) groups excluding carboxylic acids is 2. The number of halogens is 4. The molecular weight excluding hydrogens is 356 g/mol. The van der Waals surface area contributed by atoms with Crippen molar-refractivity contribution in [3.05, 3.63) is 65.5 Å². The van der Waals surface area contributed by atoms with Gasteiger partial charge in [0.05, 0.1) is 5.56 Å². The monoisotopic (exact) mass is 370 g/mol. The van der Waals surface area contributed by atoms with Crippen molar-refractivity contribution in [1.82, 2.24) is 10.9 Å². The second kappa shape index (κ2) is 7.85. The van der Waals surface area contributed by atoms with Gasteiger partial charge in [0.1, 0.15) is 11.6 Å². The number of carbonyl (C=O) groups is 2. The standard InChI is InChI=1S/C17H14F4N2O3/c1-10(26-14-8-6-13(18)7-9-14)15(24)22-23-16(25)11-2-4-12(5-3-11)17(19,20)21/h2-10H,1H3,(H,22,24)(H,23,25)/t10-/m0/s1. The highest BCUT2D eigenvalue weighted by molar-refractivity contribution is 5.95. The molecule has 0 aliphatic heterocycles. The van der Waals surface area contributed by atoms with E-state index in [1.54, 1.807) is 0 Å². The predicted molar refractivity (Wildman–Crippen MR) is 83.5 cm³/mol. The van der Waals surface area contributed by atoms with E-state index >= 15 is 0 Å². The molecule has 2 amide bonds. The first kappa shape index (κ1) is 19.2.